The lowest BCUT2D eigenvalue weighted by Crippen LogP contribution is -2.24. The summed E-state index contributed by atoms with van der Waals surface area (Å²) in [6.45, 7) is 0.0343. The molecule has 0 radical (unpaired) electrons. The molecule has 45 heavy (non-hydrogen) atoms. The highest BCUT2D eigenvalue weighted by Gasteiger charge is 2.16. The van der Waals surface area contributed by atoms with Crippen molar-refractivity contribution in [2.45, 2.75) is 6.42 Å². The topological polar surface area (TPSA) is 88.1 Å². The molecular weight excluding hydrogens is 629 g/mol. The van der Waals surface area contributed by atoms with Crippen LogP contribution in [0.5, 0.6) is 0 Å². The van der Waals surface area contributed by atoms with Crippen molar-refractivity contribution in [3.63, 3.8) is 0 Å². The minimum atomic E-state index is -0.241. The molecule has 0 saturated heterocycles. The molecule has 0 fully saturated rings. The molecule has 0 bridgehead atoms. The van der Waals surface area contributed by atoms with Gasteiger partial charge in [0.2, 0.25) is 5.91 Å². The Morgan fingerprint density at radius 1 is 0.711 bits per heavy atom. The van der Waals surface area contributed by atoms with E-state index < -0.39 is 0 Å². The van der Waals surface area contributed by atoms with E-state index in [1.54, 1.807) is 53.1 Å². The van der Waals surface area contributed by atoms with Crippen LogP contribution in [0.4, 0.5) is 22.7 Å². The standard InChI is InChI=1S/C35H26Cl3N5O2/c36-26-10-3-6-15-31(26)41-33(44)21-39-23-16-18-24(19-17-23)43-32(40-30-14-5-2-9-25(30)35(43)45)20-22-8-1-4-13-29(22)42-34-27(37)11-7-12-28(34)38/h1-19,39,42H,20-21H2,(H,41,44). The first-order valence-electron chi connectivity index (χ1n) is 14.1. The van der Waals surface area contributed by atoms with Gasteiger partial charge >= 0.3 is 0 Å². The molecule has 3 N–H and O–H groups in total. The molecule has 0 aliphatic carbocycles. The summed E-state index contributed by atoms with van der Waals surface area (Å²) in [5.74, 6) is 0.313. The van der Waals surface area contributed by atoms with Crippen LogP contribution in [-0.2, 0) is 11.2 Å². The molecule has 1 amide bonds. The zero-order valence-corrected chi connectivity index (χ0v) is 26.0. The quantitative estimate of drug-likeness (QED) is 0.145. The summed E-state index contributed by atoms with van der Waals surface area (Å²) in [5, 5.41) is 11.2. The van der Waals surface area contributed by atoms with Gasteiger partial charge in [-0.1, -0.05) is 83.3 Å². The Bertz CT molecular complexity index is 2060. The van der Waals surface area contributed by atoms with Crippen molar-refractivity contribution in [1.29, 1.82) is 0 Å². The van der Waals surface area contributed by atoms with Crippen LogP contribution in [0.3, 0.4) is 0 Å². The van der Waals surface area contributed by atoms with Crippen LogP contribution < -0.4 is 21.5 Å². The van der Waals surface area contributed by atoms with E-state index in [2.05, 4.69) is 16.0 Å². The third kappa shape index (κ3) is 6.81. The predicted molar refractivity (Wildman–Crippen MR) is 185 cm³/mol. The van der Waals surface area contributed by atoms with E-state index in [0.29, 0.717) is 61.0 Å². The molecule has 0 unspecified atom stereocenters. The Balaban J connectivity index is 1.29. The maximum atomic E-state index is 13.9. The fraction of sp³-hybridized carbons (Fsp3) is 0.0571. The normalized spacial score (nSPS) is 10.9. The number of para-hydroxylation sites is 4. The molecule has 6 aromatic rings. The summed E-state index contributed by atoms with van der Waals surface area (Å²) < 4.78 is 1.62. The number of rotatable bonds is 9. The van der Waals surface area contributed by atoms with Gasteiger partial charge in [-0.3, -0.25) is 14.2 Å². The Kier molecular flexibility index (Phi) is 9.03. The second kappa shape index (κ2) is 13.4. The lowest BCUT2D eigenvalue weighted by Gasteiger charge is -2.17. The van der Waals surface area contributed by atoms with Crippen molar-refractivity contribution in [1.82, 2.24) is 9.55 Å². The maximum Gasteiger partial charge on any atom is 0.265 e. The number of halogens is 3. The van der Waals surface area contributed by atoms with Crippen LogP contribution in [-0.4, -0.2) is 22.0 Å². The minimum Gasteiger partial charge on any atom is -0.376 e. The van der Waals surface area contributed by atoms with Gasteiger partial charge in [0, 0.05) is 17.8 Å². The van der Waals surface area contributed by atoms with E-state index in [0.717, 1.165) is 11.3 Å². The molecule has 224 valence electrons. The number of nitrogens with one attached hydrogen (secondary N) is 3. The van der Waals surface area contributed by atoms with Crippen molar-refractivity contribution in [2.75, 3.05) is 22.5 Å². The number of nitrogens with zero attached hydrogens (tertiary/aromatic N) is 2. The zero-order valence-electron chi connectivity index (χ0n) is 23.7. The van der Waals surface area contributed by atoms with Crippen LogP contribution in [0.1, 0.15) is 11.4 Å². The van der Waals surface area contributed by atoms with E-state index in [1.165, 1.54) is 0 Å². The fourth-order valence-corrected chi connectivity index (χ4v) is 5.62. The fourth-order valence-electron chi connectivity index (χ4n) is 4.95. The third-order valence-electron chi connectivity index (χ3n) is 7.16. The van der Waals surface area contributed by atoms with Gasteiger partial charge in [-0.05, 0) is 72.3 Å². The van der Waals surface area contributed by atoms with Crippen LogP contribution in [0.25, 0.3) is 16.6 Å². The average Bonchev–Trinajstić information content (AvgIpc) is 3.04. The number of hydrogen-bond acceptors (Lipinski definition) is 5. The SMILES string of the molecule is O=C(CNc1ccc(-n2c(Cc3ccccc3Nc3c(Cl)cccc3Cl)nc3ccccc3c2=O)cc1)Nc1ccccc1Cl. The third-order valence-corrected chi connectivity index (χ3v) is 8.12. The minimum absolute atomic E-state index is 0.0343. The molecule has 0 spiro atoms. The molecule has 0 aliphatic rings. The second-order valence-corrected chi connectivity index (χ2v) is 11.4. The number of carbonyl (C=O) groups is 1. The summed E-state index contributed by atoms with van der Waals surface area (Å²) >= 11 is 19.0. The molecular formula is C35H26Cl3N5O2. The van der Waals surface area contributed by atoms with Crippen molar-refractivity contribution in [3.05, 3.63) is 152 Å². The molecule has 1 aromatic heterocycles. The smallest absolute Gasteiger partial charge is 0.265 e. The van der Waals surface area contributed by atoms with E-state index in [4.69, 9.17) is 39.8 Å². The first-order valence-corrected chi connectivity index (χ1v) is 15.2. The van der Waals surface area contributed by atoms with Crippen molar-refractivity contribution >= 4 is 74.4 Å². The zero-order chi connectivity index (χ0) is 31.3. The monoisotopic (exact) mass is 653 g/mol. The van der Waals surface area contributed by atoms with Crippen molar-refractivity contribution in [3.8, 4) is 5.69 Å². The van der Waals surface area contributed by atoms with E-state index >= 15 is 0 Å². The Morgan fingerprint density at radius 2 is 1.36 bits per heavy atom. The maximum absolute atomic E-state index is 13.9. The average molecular weight is 655 g/mol. The second-order valence-electron chi connectivity index (χ2n) is 10.2. The van der Waals surface area contributed by atoms with Crippen LogP contribution in [0.2, 0.25) is 15.1 Å². The molecule has 0 saturated carbocycles. The summed E-state index contributed by atoms with van der Waals surface area (Å²) in [7, 11) is 0. The molecule has 5 aromatic carbocycles. The van der Waals surface area contributed by atoms with Gasteiger partial charge in [-0.15, -0.1) is 0 Å². The first kappa shape index (κ1) is 30.2. The van der Waals surface area contributed by atoms with Crippen molar-refractivity contribution in [2.24, 2.45) is 0 Å². The van der Waals surface area contributed by atoms with Gasteiger partial charge in [-0.25, -0.2) is 4.98 Å². The van der Waals surface area contributed by atoms with E-state index in [-0.39, 0.29) is 18.0 Å². The number of carbonyl (C=O) groups excluding carboxylic acids is 1. The van der Waals surface area contributed by atoms with Gasteiger partial charge in [0.25, 0.3) is 5.56 Å². The summed E-state index contributed by atoms with van der Waals surface area (Å²) in [6, 6.07) is 34.7. The largest absolute Gasteiger partial charge is 0.376 e. The lowest BCUT2D eigenvalue weighted by molar-refractivity contribution is -0.114. The Morgan fingerprint density at radius 3 is 2.11 bits per heavy atom. The number of hydrogen-bond donors (Lipinski definition) is 3. The summed E-state index contributed by atoms with van der Waals surface area (Å²) in [5.41, 5.74) is 4.60. The number of fused-ring (bicyclic) bond motifs is 1. The van der Waals surface area contributed by atoms with Crippen LogP contribution in [0, 0.1) is 0 Å². The van der Waals surface area contributed by atoms with Gasteiger partial charge < -0.3 is 16.0 Å². The molecule has 1 heterocycles. The van der Waals surface area contributed by atoms with Gasteiger partial charge in [0.1, 0.15) is 5.82 Å². The van der Waals surface area contributed by atoms with E-state index in [1.807, 2.05) is 66.7 Å². The number of aromatic nitrogens is 2. The van der Waals surface area contributed by atoms with Crippen LogP contribution >= 0.6 is 34.8 Å². The van der Waals surface area contributed by atoms with E-state index in [9.17, 15) is 9.59 Å². The highest BCUT2D eigenvalue weighted by Crippen LogP contribution is 2.34. The van der Waals surface area contributed by atoms with Gasteiger partial charge in [0.15, 0.2) is 0 Å². The molecule has 0 atom stereocenters. The van der Waals surface area contributed by atoms with Gasteiger partial charge in [0.05, 0.1) is 49.6 Å². The summed E-state index contributed by atoms with van der Waals surface area (Å²) in [6.07, 6.45) is 0.341. The number of benzene rings is 5. The van der Waals surface area contributed by atoms with Crippen LogP contribution in [0.15, 0.2) is 120 Å². The Hall–Kier alpha value is -4.82. The highest BCUT2D eigenvalue weighted by atomic mass is 35.5. The predicted octanol–water partition coefficient (Wildman–Crippen LogP) is 8.73. The Labute approximate surface area is 274 Å². The number of anilines is 4. The number of amides is 1. The molecule has 10 heteroatoms. The molecule has 7 nitrogen and oxygen atoms in total. The lowest BCUT2D eigenvalue weighted by atomic mass is 10.1. The van der Waals surface area contributed by atoms with Gasteiger partial charge in [-0.2, -0.15) is 0 Å². The summed E-state index contributed by atoms with van der Waals surface area (Å²) in [4.78, 5) is 31.3. The van der Waals surface area contributed by atoms with Crippen molar-refractivity contribution < 1.29 is 4.79 Å². The first-order chi connectivity index (χ1) is 21.9. The molecule has 6 rings (SSSR count). The molecule has 0 aliphatic heterocycles. The highest BCUT2D eigenvalue weighted by molar-refractivity contribution is 6.39.